The zero-order valence-corrected chi connectivity index (χ0v) is 11.4. The topological polar surface area (TPSA) is 47.6 Å². The number of rotatable bonds is 6. The van der Waals surface area contributed by atoms with Gasteiger partial charge in [0.15, 0.2) is 0 Å². The first-order valence-electron chi connectivity index (χ1n) is 6.06. The number of hydrogen-bond donors (Lipinski definition) is 1. The average molecular weight is 251 g/mol. The SMILES string of the molecule is CCCNC(C)(C(=O)OC)c1cccc(OC)c1. The summed E-state index contributed by atoms with van der Waals surface area (Å²) < 4.78 is 10.1. The minimum absolute atomic E-state index is 0.302. The van der Waals surface area contributed by atoms with Gasteiger partial charge in [-0.2, -0.15) is 0 Å². The summed E-state index contributed by atoms with van der Waals surface area (Å²) >= 11 is 0. The van der Waals surface area contributed by atoms with Crippen LogP contribution in [0.15, 0.2) is 24.3 Å². The number of carbonyl (C=O) groups excluding carboxylic acids is 1. The van der Waals surface area contributed by atoms with Gasteiger partial charge in [0.05, 0.1) is 14.2 Å². The molecule has 0 heterocycles. The molecule has 1 N–H and O–H groups in total. The smallest absolute Gasteiger partial charge is 0.330 e. The van der Waals surface area contributed by atoms with Crippen LogP contribution in [-0.2, 0) is 15.1 Å². The Balaban J connectivity index is 3.11. The number of nitrogens with one attached hydrogen (secondary N) is 1. The zero-order valence-electron chi connectivity index (χ0n) is 11.4. The van der Waals surface area contributed by atoms with Gasteiger partial charge >= 0.3 is 5.97 Å². The van der Waals surface area contributed by atoms with Gasteiger partial charge in [-0.05, 0) is 37.6 Å². The first-order valence-corrected chi connectivity index (χ1v) is 6.06. The van der Waals surface area contributed by atoms with Crippen molar-refractivity contribution in [3.05, 3.63) is 29.8 Å². The van der Waals surface area contributed by atoms with Crippen molar-refractivity contribution >= 4 is 5.97 Å². The molecule has 0 fully saturated rings. The molecule has 0 saturated carbocycles. The van der Waals surface area contributed by atoms with Crippen molar-refractivity contribution in [3.63, 3.8) is 0 Å². The van der Waals surface area contributed by atoms with Crippen molar-refractivity contribution in [2.75, 3.05) is 20.8 Å². The number of hydrogen-bond acceptors (Lipinski definition) is 4. The fraction of sp³-hybridized carbons (Fsp3) is 0.500. The third-order valence-electron chi connectivity index (χ3n) is 2.97. The number of ether oxygens (including phenoxy) is 2. The largest absolute Gasteiger partial charge is 0.497 e. The molecular formula is C14H21NO3. The molecule has 18 heavy (non-hydrogen) atoms. The molecule has 0 spiro atoms. The van der Waals surface area contributed by atoms with E-state index in [0.717, 1.165) is 24.3 Å². The van der Waals surface area contributed by atoms with Crippen molar-refractivity contribution in [1.82, 2.24) is 5.32 Å². The Morgan fingerprint density at radius 1 is 1.39 bits per heavy atom. The van der Waals surface area contributed by atoms with Crippen LogP contribution in [0.1, 0.15) is 25.8 Å². The molecule has 1 atom stereocenters. The van der Waals surface area contributed by atoms with Crippen molar-refractivity contribution in [1.29, 1.82) is 0 Å². The second-order valence-corrected chi connectivity index (χ2v) is 4.28. The number of benzene rings is 1. The van der Waals surface area contributed by atoms with E-state index in [9.17, 15) is 4.79 Å². The Labute approximate surface area is 108 Å². The van der Waals surface area contributed by atoms with Gasteiger partial charge in [0.1, 0.15) is 11.3 Å². The zero-order chi connectivity index (χ0) is 13.6. The van der Waals surface area contributed by atoms with Gasteiger partial charge in [0, 0.05) is 0 Å². The van der Waals surface area contributed by atoms with Crippen molar-refractivity contribution in [2.24, 2.45) is 0 Å². The molecule has 4 heteroatoms. The normalized spacial score (nSPS) is 13.8. The van der Waals surface area contributed by atoms with Crippen LogP contribution in [0.3, 0.4) is 0 Å². The van der Waals surface area contributed by atoms with E-state index in [1.807, 2.05) is 31.2 Å². The molecular weight excluding hydrogens is 230 g/mol. The summed E-state index contributed by atoms with van der Waals surface area (Å²) in [4.78, 5) is 12.0. The van der Waals surface area contributed by atoms with E-state index < -0.39 is 5.54 Å². The standard InChI is InChI=1S/C14H21NO3/c1-5-9-15-14(2,13(16)18-4)11-7-6-8-12(10-11)17-3/h6-8,10,15H,5,9H2,1-4H3. The predicted molar refractivity (Wildman–Crippen MR) is 70.7 cm³/mol. The van der Waals surface area contributed by atoms with E-state index in [1.54, 1.807) is 7.11 Å². The quantitative estimate of drug-likeness (QED) is 0.786. The predicted octanol–water partition coefficient (Wildman–Crippen LogP) is 2.08. The molecule has 0 aliphatic carbocycles. The summed E-state index contributed by atoms with van der Waals surface area (Å²) in [6.07, 6.45) is 0.941. The number of esters is 1. The molecule has 4 nitrogen and oxygen atoms in total. The average Bonchev–Trinajstić information content (AvgIpc) is 2.43. The maximum atomic E-state index is 12.0. The second kappa shape index (κ2) is 6.40. The van der Waals surface area contributed by atoms with E-state index in [-0.39, 0.29) is 5.97 Å². The lowest BCUT2D eigenvalue weighted by Crippen LogP contribution is -2.47. The monoisotopic (exact) mass is 251 g/mol. The summed E-state index contributed by atoms with van der Waals surface area (Å²) in [7, 11) is 3.00. The van der Waals surface area contributed by atoms with Gasteiger partial charge in [-0.1, -0.05) is 19.1 Å². The maximum Gasteiger partial charge on any atom is 0.330 e. The molecule has 100 valence electrons. The first-order chi connectivity index (χ1) is 8.58. The van der Waals surface area contributed by atoms with Gasteiger partial charge < -0.3 is 9.47 Å². The molecule has 0 aromatic heterocycles. The van der Waals surface area contributed by atoms with Crippen molar-refractivity contribution in [2.45, 2.75) is 25.8 Å². The van der Waals surface area contributed by atoms with Crippen LogP contribution in [-0.4, -0.2) is 26.7 Å². The first kappa shape index (κ1) is 14.5. The summed E-state index contributed by atoms with van der Waals surface area (Å²) in [5.41, 5.74) is -0.0126. The van der Waals surface area contributed by atoms with Gasteiger partial charge in [-0.3, -0.25) is 5.32 Å². The van der Waals surface area contributed by atoms with Gasteiger partial charge in [-0.15, -0.1) is 0 Å². The minimum atomic E-state index is -0.848. The van der Waals surface area contributed by atoms with Crippen LogP contribution in [0.2, 0.25) is 0 Å². The van der Waals surface area contributed by atoms with Crippen LogP contribution in [0.25, 0.3) is 0 Å². The Kier molecular flexibility index (Phi) is 5.16. The van der Waals surface area contributed by atoms with Gasteiger partial charge in [-0.25, -0.2) is 4.79 Å². The summed E-state index contributed by atoms with van der Waals surface area (Å²) in [5.74, 6) is 0.421. The summed E-state index contributed by atoms with van der Waals surface area (Å²) in [5, 5.41) is 3.23. The van der Waals surface area contributed by atoms with Crippen LogP contribution < -0.4 is 10.1 Å². The van der Waals surface area contributed by atoms with E-state index in [1.165, 1.54) is 7.11 Å². The fourth-order valence-electron chi connectivity index (χ4n) is 1.81. The Morgan fingerprint density at radius 2 is 2.11 bits per heavy atom. The second-order valence-electron chi connectivity index (χ2n) is 4.28. The van der Waals surface area contributed by atoms with Gasteiger partial charge in [0.2, 0.25) is 0 Å². The Hall–Kier alpha value is -1.55. The number of carbonyl (C=O) groups is 1. The molecule has 0 aliphatic rings. The molecule has 0 saturated heterocycles. The van der Waals surface area contributed by atoms with Gasteiger partial charge in [0.25, 0.3) is 0 Å². The van der Waals surface area contributed by atoms with Crippen molar-refractivity contribution in [3.8, 4) is 5.75 Å². The van der Waals surface area contributed by atoms with Crippen molar-refractivity contribution < 1.29 is 14.3 Å². The van der Waals surface area contributed by atoms with Crippen LogP contribution in [0, 0.1) is 0 Å². The number of methoxy groups -OCH3 is 2. The highest BCUT2D eigenvalue weighted by molar-refractivity contribution is 5.82. The summed E-state index contributed by atoms with van der Waals surface area (Å²) in [6.45, 7) is 4.61. The molecule has 1 aromatic rings. The lowest BCUT2D eigenvalue weighted by atomic mass is 9.91. The molecule has 1 rings (SSSR count). The van der Waals surface area contributed by atoms with Crippen LogP contribution >= 0.6 is 0 Å². The van der Waals surface area contributed by atoms with E-state index >= 15 is 0 Å². The summed E-state index contributed by atoms with van der Waals surface area (Å²) in [6, 6.07) is 7.45. The lowest BCUT2D eigenvalue weighted by molar-refractivity contribution is -0.148. The maximum absolute atomic E-state index is 12.0. The third-order valence-corrected chi connectivity index (χ3v) is 2.97. The molecule has 0 amide bonds. The lowest BCUT2D eigenvalue weighted by Gasteiger charge is -2.28. The Morgan fingerprint density at radius 3 is 2.67 bits per heavy atom. The van der Waals surface area contributed by atoms with Crippen LogP contribution in [0.4, 0.5) is 0 Å². The molecule has 0 bridgehead atoms. The highest BCUT2D eigenvalue weighted by atomic mass is 16.5. The third kappa shape index (κ3) is 3.01. The fourth-order valence-corrected chi connectivity index (χ4v) is 1.81. The van der Waals surface area contributed by atoms with E-state index in [4.69, 9.17) is 9.47 Å². The minimum Gasteiger partial charge on any atom is -0.497 e. The molecule has 1 aromatic carbocycles. The molecule has 0 aliphatic heterocycles. The van der Waals surface area contributed by atoms with E-state index in [2.05, 4.69) is 12.2 Å². The highest BCUT2D eigenvalue weighted by Gasteiger charge is 2.35. The highest BCUT2D eigenvalue weighted by Crippen LogP contribution is 2.25. The Bertz CT molecular complexity index is 406. The van der Waals surface area contributed by atoms with E-state index in [0.29, 0.717) is 0 Å². The van der Waals surface area contributed by atoms with Crippen LogP contribution in [0.5, 0.6) is 5.75 Å². The molecule has 1 unspecified atom stereocenters. The molecule has 0 radical (unpaired) electrons.